The van der Waals surface area contributed by atoms with Crippen molar-refractivity contribution in [2.75, 3.05) is 11.9 Å². The van der Waals surface area contributed by atoms with Gasteiger partial charge in [0.15, 0.2) is 0 Å². The van der Waals surface area contributed by atoms with E-state index in [0.717, 1.165) is 30.8 Å². The number of carbonyl (C=O) groups is 1. The first-order chi connectivity index (χ1) is 8.65. The Labute approximate surface area is 120 Å². The summed E-state index contributed by atoms with van der Waals surface area (Å²) in [6.07, 6.45) is 2.15. The molecule has 1 saturated heterocycles. The van der Waals surface area contributed by atoms with Crippen molar-refractivity contribution >= 4 is 24.0 Å². The van der Waals surface area contributed by atoms with Crippen molar-refractivity contribution < 1.29 is 9.53 Å². The summed E-state index contributed by atoms with van der Waals surface area (Å²) in [5.41, 5.74) is 0.810. The van der Waals surface area contributed by atoms with E-state index in [-0.39, 0.29) is 30.5 Å². The molecule has 2 rings (SSSR count). The summed E-state index contributed by atoms with van der Waals surface area (Å²) in [7, 11) is 0. The number of nitrogens with one attached hydrogen (secondary N) is 2. The molecule has 1 atom stereocenters. The molecular weight excluding hydrogens is 264 g/mol. The average molecular weight is 285 g/mol. The molecule has 1 aromatic carbocycles. The molecule has 0 radical (unpaired) electrons. The minimum atomic E-state index is -0.0448. The van der Waals surface area contributed by atoms with Crippen molar-refractivity contribution in [2.24, 2.45) is 0 Å². The molecule has 1 amide bonds. The second kappa shape index (κ2) is 7.36. The van der Waals surface area contributed by atoms with Gasteiger partial charge >= 0.3 is 0 Å². The van der Waals surface area contributed by atoms with Gasteiger partial charge < -0.3 is 15.4 Å². The van der Waals surface area contributed by atoms with Crippen LogP contribution >= 0.6 is 12.4 Å². The molecule has 0 aromatic heterocycles. The summed E-state index contributed by atoms with van der Waals surface area (Å²) in [6, 6.07) is 7.43. The first kappa shape index (κ1) is 15.8. The second-order valence-electron chi connectivity index (χ2n) is 4.83. The van der Waals surface area contributed by atoms with Crippen LogP contribution in [0.1, 0.15) is 26.7 Å². The molecule has 5 heteroatoms. The Morgan fingerprint density at radius 2 is 2.05 bits per heavy atom. The Morgan fingerprint density at radius 1 is 1.37 bits per heavy atom. The predicted octanol–water partition coefficient (Wildman–Crippen LogP) is 2.59. The van der Waals surface area contributed by atoms with E-state index in [1.807, 2.05) is 38.1 Å². The molecule has 19 heavy (non-hydrogen) atoms. The molecule has 0 aliphatic carbocycles. The van der Waals surface area contributed by atoms with Crippen LogP contribution in [0.4, 0.5) is 5.69 Å². The zero-order valence-corrected chi connectivity index (χ0v) is 12.1. The number of amides is 1. The number of benzene rings is 1. The second-order valence-corrected chi connectivity index (χ2v) is 4.83. The number of anilines is 1. The molecule has 1 aliphatic heterocycles. The molecule has 0 unspecified atom stereocenters. The van der Waals surface area contributed by atoms with E-state index in [9.17, 15) is 4.79 Å². The van der Waals surface area contributed by atoms with Gasteiger partial charge in [-0.25, -0.2) is 0 Å². The Hall–Kier alpha value is -1.26. The summed E-state index contributed by atoms with van der Waals surface area (Å²) < 4.78 is 5.55. The SMILES string of the molecule is CC(C)Oc1ccc(NC(=O)[C@@H]2CCCN2)cc1.Cl. The molecule has 0 saturated carbocycles. The van der Waals surface area contributed by atoms with E-state index in [0.29, 0.717) is 0 Å². The number of rotatable bonds is 4. The summed E-state index contributed by atoms with van der Waals surface area (Å²) >= 11 is 0. The first-order valence-corrected chi connectivity index (χ1v) is 6.46. The monoisotopic (exact) mass is 284 g/mol. The first-order valence-electron chi connectivity index (χ1n) is 6.46. The zero-order chi connectivity index (χ0) is 13.0. The molecule has 1 heterocycles. The van der Waals surface area contributed by atoms with Gasteiger partial charge in [0.1, 0.15) is 5.75 Å². The van der Waals surface area contributed by atoms with Crippen molar-refractivity contribution in [1.82, 2.24) is 5.32 Å². The van der Waals surface area contributed by atoms with E-state index in [4.69, 9.17) is 4.74 Å². The molecule has 4 nitrogen and oxygen atoms in total. The minimum absolute atomic E-state index is 0. The largest absolute Gasteiger partial charge is 0.491 e. The number of halogens is 1. The van der Waals surface area contributed by atoms with Gasteiger partial charge in [0.25, 0.3) is 0 Å². The van der Waals surface area contributed by atoms with Gasteiger partial charge in [-0.1, -0.05) is 0 Å². The van der Waals surface area contributed by atoms with E-state index in [1.165, 1.54) is 0 Å². The smallest absolute Gasteiger partial charge is 0.241 e. The third-order valence-electron chi connectivity index (χ3n) is 2.87. The predicted molar refractivity (Wildman–Crippen MR) is 79.1 cm³/mol. The lowest BCUT2D eigenvalue weighted by atomic mass is 10.2. The van der Waals surface area contributed by atoms with Crippen molar-refractivity contribution in [3.05, 3.63) is 24.3 Å². The van der Waals surface area contributed by atoms with Crippen molar-refractivity contribution in [2.45, 2.75) is 38.8 Å². The summed E-state index contributed by atoms with van der Waals surface area (Å²) in [5, 5.41) is 6.08. The van der Waals surface area contributed by atoms with Gasteiger partial charge in [0.05, 0.1) is 12.1 Å². The van der Waals surface area contributed by atoms with E-state index in [2.05, 4.69) is 10.6 Å². The topological polar surface area (TPSA) is 50.4 Å². The van der Waals surface area contributed by atoms with Crippen LogP contribution < -0.4 is 15.4 Å². The minimum Gasteiger partial charge on any atom is -0.491 e. The van der Waals surface area contributed by atoms with Crippen LogP contribution in [0.25, 0.3) is 0 Å². The highest BCUT2D eigenvalue weighted by atomic mass is 35.5. The summed E-state index contributed by atoms with van der Waals surface area (Å²) in [6.45, 7) is 4.90. The van der Waals surface area contributed by atoms with Crippen LogP contribution in [0, 0.1) is 0 Å². The molecule has 1 fully saturated rings. The van der Waals surface area contributed by atoms with Gasteiger partial charge in [-0.2, -0.15) is 0 Å². The van der Waals surface area contributed by atoms with Crippen LogP contribution in [0.3, 0.4) is 0 Å². The number of carbonyl (C=O) groups excluding carboxylic acids is 1. The van der Waals surface area contributed by atoms with Gasteiger partial charge in [-0.3, -0.25) is 4.79 Å². The van der Waals surface area contributed by atoms with Crippen molar-refractivity contribution in [3.8, 4) is 5.75 Å². The Balaban J connectivity index is 0.00000180. The van der Waals surface area contributed by atoms with Crippen LogP contribution in [0.15, 0.2) is 24.3 Å². The highest BCUT2D eigenvalue weighted by Crippen LogP contribution is 2.17. The lowest BCUT2D eigenvalue weighted by Crippen LogP contribution is -2.35. The maximum atomic E-state index is 11.9. The maximum Gasteiger partial charge on any atom is 0.241 e. The highest BCUT2D eigenvalue weighted by Gasteiger charge is 2.21. The van der Waals surface area contributed by atoms with Gasteiger partial charge in [0.2, 0.25) is 5.91 Å². The van der Waals surface area contributed by atoms with Gasteiger partial charge in [0, 0.05) is 5.69 Å². The third-order valence-corrected chi connectivity index (χ3v) is 2.87. The van der Waals surface area contributed by atoms with Crippen molar-refractivity contribution in [1.29, 1.82) is 0 Å². The fourth-order valence-corrected chi connectivity index (χ4v) is 2.03. The highest BCUT2D eigenvalue weighted by molar-refractivity contribution is 5.95. The lowest BCUT2D eigenvalue weighted by Gasteiger charge is -2.12. The van der Waals surface area contributed by atoms with Crippen LogP contribution in [0.5, 0.6) is 5.75 Å². The Bertz CT molecular complexity index is 400. The van der Waals surface area contributed by atoms with Crippen LogP contribution in [-0.4, -0.2) is 24.6 Å². The molecule has 1 aromatic rings. The van der Waals surface area contributed by atoms with Gasteiger partial charge in [-0.05, 0) is 57.5 Å². The maximum absolute atomic E-state index is 11.9. The zero-order valence-electron chi connectivity index (χ0n) is 11.3. The molecule has 0 bridgehead atoms. The fraction of sp³-hybridized carbons (Fsp3) is 0.500. The van der Waals surface area contributed by atoms with Gasteiger partial charge in [-0.15, -0.1) is 12.4 Å². The molecule has 106 valence electrons. The molecule has 2 N–H and O–H groups in total. The molecule has 1 aliphatic rings. The van der Waals surface area contributed by atoms with Crippen LogP contribution in [-0.2, 0) is 4.79 Å². The van der Waals surface area contributed by atoms with E-state index in [1.54, 1.807) is 0 Å². The normalized spacial score (nSPS) is 17.9. The summed E-state index contributed by atoms with van der Waals surface area (Å²) in [4.78, 5) is 11.9. The van der Waals surface area contributed by atoms with E-state index < -0.39 is 0 Å². The average Bonchev–Trinajstić information content (AvgIpc) is 2.84. The fourth-order valence-electron chi connectivity index (χ4n) is 2.03. The molecular formula is C14H21ClN2O2. The number of hydrogen-bond acceptors (Lipinski definition) is 3. The number of ether oxygens (including phenoxy) is 1. The molecule has 0 spiro atoms. The quantitative estimate of drug-likeness (QED) is 0.893. The number of hydrogen-bond donors (Lipinski definition) is 2. The van der Waals surface area contributed by atoms with Crippen LogP contribution in [0.2, 0.25) is 0 Å². The van der Waals surface area contributed by atoms with E-state index >= 15 is 0 Å². The third kappa shape index (κ3) is 4.73. The lowest BCUT2D eigenvalue weighted by molar-refractivity contribution is -0.117. The Kier molecular flexibility index (Phi) is 6.12. The standard InChI is InChI=1S/C14H20N2O2.ClH/c1-10(2)18-12-7-5-11(6-8-12)16-14(17)13-4-3-9-15-13;/h5-8,10,13,15H,3-4,9H2,1-2H3,(H,16,17);1H/t13-;/m0./s1. The Morgan fingerprint density at radius 3 is 2.58 bits per heavy atom. The van der Waals surface area contributed by atoms with Crippen molar-refractivity contribution in [3.63, 3.8) is 0 Å². The summed E-state index contributed by atoms with van der Waals surface area (Å²) in [5.74, 6) is 0.868.